The minimum atomic E-state index is -1.31. The van der Waals surface area contributed by atoms with Crippen LogP contribution in [0, 0.1) is 0 Å². The molecule has 5 heteroatoms. The summed E-state index contributed by atoms with van der Waals surface area (Å²) in [4.78, 5) is 21.2. The van der Waals surface area contributed by atoms with Gasteiger partial charge in [0.1, 0.15) is 17.6 Å². The summed E-state index contributed by atoms with van der Waals surface area (Å²) < 4.78 is 0. The Morgan fingerprint density at radius 3 is 2.53 bits per heavy atom. The lowest BCUT2D eigenvalue weighted by molar-refractivity contribution is 0.0693. The Balaban J connectivity index is 3.32. The molecule has 3 N–H and O–H groups in total. The number of aromatic carboxylic acids is 1. The van der Waals surface area contributed by atoms with Crippen molar-refractivity contribution in [2.24, 2.45) is 0 Å². The first-order valence-corrected chi connectivity index (χ1v) is 4.25. The second-order valence-electron chi connectivity index (χ2n) is 2.97. The molecule has 0 heterocycles. The van der Waals surface area contributed by atoms with Crippen molar-refractivity contribution in [3.8, 4) is 5.75 Å². The number of aliphatic hydroxyl groups excluding tert-OH is 1. The van der Waals surface area contributed by atoms with Gasteiger partial charge in [-0.1, -0.05) is 0 Å². The predicted molar refractivity (Wildman–Crippen MR) is 51.2 cm³/mol. The lowest BCUT2D eigenvalue weighted by Gasteiger charge is -2.07. The highest BCUT2D eigenvalue weighted by atomic mass is 16.4. The Morgan fingerprint density at radius 2 is 2.07 bits per heavy atom. The summed E-state index contributed by atoms with van der Waals surface area (Å²) in [6.45, 7) is -0.227. The molecule has 0 fully saturated rings. The fraction of sp³-hybridized carbons (Fsp3) is 0.200. The highest BCUT2D eigenvalue weighted by Gasteiger charge is 2.14. The molecule has 0 saturated carbocycles. The second kappa shape index (κ2) is 4.56. The first-order valence-electron chi connectivity index (χ1n) is 4.25. The van der Waals surface area contributed by atoms with Crippen molar-refractivity contribution in [2.75, 3.05) is 6.61 Å². The van der Waals surface area contributed by atoms with Crippen LogP contribution in [0.3, 0.4) is 0 Å². The van der Waals surface area contributed by atoms with Crippen LogP contribution in [-0.2, 0) is 6.42 Å². The average Bonchev–Trinajstić information content (AvgIpc) is 2.21. The van der Waals surface area contributed by atoms with E-state index in [0.29, 0.717) is 6.29 Å². The molecule has 0 saturated heterocycles. The molecule has 15 heavy (non-hydrogen) atoms. The molecule has 0 atom stereocenters. The van der Waals surface area contributed by atoms with Crippen LogP contribution in [0.1, 0.15) is 26.3 Å². The third kappa shape index (κ3) is 2.32. The van der Waals surface area contributed by atoms with E-state index >= 15 is 0 Å². The first-order chi connectivity index (χ1) is 7.10. The minimum Gasteiger partial charge on any atom is -0.507 e. The molecule has 0 amide bonds. The number of carboxylic acid groups (broad SMARTS) is 1. The van der Waals surface area contributed by atoms with Gasteiger partial charge in [-0.05, 0) is 24.1 Å². The second-order valence-corrected chi connectivity index (χ2v) is 2.97. The van der Waals surface area contributed by atoms with E-state index < -0.39 is 11.7 Å². The van der Waals surface area contributed by atoms with Crippen LogP contribution < -0.4 is 0 Å². The average molecular weight is 210 g/mol. The third-order valence-electron chi connectivity index (χ3n) is 1.96. The zero-order valence-electron chi connectivity index (χ0n) is 7.80. The fourth-order valence-corrected chi connectivity index (χ4v) is 1.26. The minimum absolute atomic E-state index is 0.105. The Morgan fingerprint density at radius 1 is 1.40 bits per heavy atom. The van der Waals surface area contributed by atoms with Crippen LogP contribution >= 0.6 is 0 Å². The number of phenols is 1. The molecular formula is C10H10O5. The van der Waals surface area contributed by atoms with Crippen LogP contribution in [0.25, 0.3) is 0 Å². The van der Waals surface area contributed by atoms with Gasteiger partial charge >= 0.3 is 5.97 Å². The van der Waals surface area contributed by atoms with Crippen LogP contribution in [0.5, 0.6) is 5.75 Å². The summed E-state index contributed by atoms with van der Waals surface area (Å²) in [7, 11) is 0. The summed E-state index contributed by atoms with van der Waals surface area (Å²) in [6.07, 6.45) is 0.598. The zero-order chi connectivity index (χ0) is 11.4. The van der Waals surface area contributed by atoms with E-state index in [1.807, 2.05) is 0 Å². The Bertz CT molecular complexity index is 397. The maximum absolute atomic E-state index is 10.7. The highest BCUT2D eigenvalue weighted by molar-refractivity contribution is 5.93. The number of benzene rings is 1. The molecule has 0 unspecified atom stereocenters. The fourth-order valence-electron chi connectivity index (χ4n) is 1.26. The maximum atomic E-state index is 10.7. The molecular weight excluding hydrogens is 200 g/mol. The lowest BCUT2D eigenvalue weighted by Crippen LogP contribution is -2.02. The van der Waals surface area contributed by atoms with Crippen LogP contribution in [-0.4, -0.2) is 34.2 Å². The molecule has 0 spiro atoms. The Kier molecular flexibility index (Phi) is 3.41. The van der Waals surface area contributed by atoms with E-state index in [1.165, 1.54) is 6.07 Å². The number of aldehydes is 1. The summed E-state index contributed by atoms with van der Waals surface area (Å²) in [5.41, 5.74) is 0.0798. The van der Waals surface area contributed by atoms with Gasteiger partial charge in [0.05, 0.1) is 0 Å². The predicted octanol–water partition coefficient (Wildman–Crippen LogP) is 0.438. The van der Waals surface area contributed by atoms with Crippen molar-refractivity contribution in [1.82, 2.24) is 0 Å². The largest absolute Gasteiger partial charge is 0.507 e. The molecule has 0 bridgehead atoms. The van der Waals surface area contributed by atoms with Gasteiger partial charge in [0.15, 0.2) is 0 Å². The smallest absolute Gasteiger partial charge is 0.339 e. The van der Waals surface area contributed by atoms with Gasteiger partial charge < -0.3 is 15.3 Å². The van der Waals surface area contributed by atoms with E-state index in [1.54, 1.807) is 0 Å². The van der Waals surface area contributed by atoms with E-state index in [2.05, 4.69) is 0 Å². The van der Waals surface area contributed by atoms with Gasteiger partial charge in [0.25, 0.3) is 0 Å². The summed E-state index contributed by atoms with van der Waals surface area (Å²) in [5.74, 6) is -1.71. The maximum Gasteiger partial charge on any atom is 0.339 e. The van der Waals surface area contributed by atoms with E-state index in [0.717, 1.165) is 6.07 Å². The topological polar surface area (TPSA) is 94.8 Å². The van der Waals surface area contributed by atoms with Gasteiger partial charge in [-0.25, -0.2) is 4.79 Å². The highest BCUT2D eigenvalue weighted by Crippen LogP contribution is 2.24. The van der Waals surface area contributed by atoms with Crippen molar-refractivity contribution in [1.29, 1.82) is 0 Å². The number of hydrogen-bond acceptors (Lipinski definition) is 4. The number of carbonyl (C=O) groups is 2. The standard InChI is InChI=1S/C10H10O5/c11-2-1-7-3-6(5-12)4-8(9(7)13)10(14)15/h3-5,11,13H,1-2H2,(H,14,15). The number of aromatic hydroxyl groups is 1. The lowest BCUT2D eigenvalue weighted by atomic mass is 10.0. The number of carbonyl (C=O) groups excluding carboxylic acids is 1. The number of hydrogen-bond donors (Lipinski definition) is 3. The van der Waals surface area contributed by atoms with Gasteiger partial charge in [-0.3, -0.25) is 4.79 Å². The van der Waals surface area contributed by atoms with Crippen LogP contribution in [0.15, 0.2) is 12.1 Å². The number of rotatable bonds is 4. The zero-order valence-corrected chi connectivity index (χ0v) is 7.80. The Labute approximate surface area is 85.6 Å². The van der Waals surface area contributed by atoms with E-state index in [-0.39, 0.29) is 29.7 Å². The number of aliphatic hydroxyl groups is 1. The van der Waals surface area contributed by atoms with Crippen molar-refractivity contribution in [3.05, 3.63) is 28.8 Å². The van der Waals surface area contributed by atoms with Crippen molar-refractivity contribution in [3.63, 3.8) is 0 Å². The molecule has 1 rings (SSSR count). The monoisotopic (exact) mass is 210 g/mol. The van der Waals surface area contributed by atoms with Crippen LogP contribution in [0.2, 0.25) is 0 Å². The molecule has 0 aromatic heterocycles. The van der Waals surface area contributed by atoms with Gasteiger partial charge in [-0.15, -0.1) is 0 Å². The van der Waals surface area contributed by atoms with Gasteiger partial charge in [0, 0.05) is 12.2 Å². The SMILES string of the molecule is O=Cc1cc(CCO)c(O)c(C(=O)O)c1. The molecule has 0 aliphatic carbocycles. The first kappa shape index (κ1) is 11.2. The van der Waals surface area contributed by atoms with Gasteiger partial charge in [0.2, 0.25) is 0 Å². The quantitative estimate of drug-likeness (QED) is 0.626. The van der Waals surface area contributed by atoms with Crippen molar-refractivity contribution >= 4 is 12.3 Å². The van der Waals surface area contributed by atoms with E-state index in [9.17, 15) is 14.7 Å². The molecule has 0 radical (unpaired) electrons. The molecule has 80 valence electrons. The molecule has 1 aromatic carbocycles. The number of carboxylic acids is 1. The summed E-state index contributed by atoms with van der Waals surface area (Å²) in [5, 5.41) is 26.9. The molecule has 0 aliphatic rings. The summed E-state index contributed by atoms with van der Waals surface area (Å²) >= 11 is 0. The Hall–Kier alpha value is -1.88. The van der Waals surface area contributed by atoms with Crippen LogP contribution in [0.4, 0.5) is 0 Å². The van der Waals surface area contributed by atoms with Crippen molar-refractivity contribution < 1.29 is 24.9 Å². The molecule has 0 aliphatic heterocycles. The molecule has 1 aromatic rings. The molecule has 5 nitrogen and oxygen atoms in total. The third-order valence-corrected chi connectivity index (χ3v) is 1.96. The normalized spacial score (nSPS) is 9.93. The van der Waals surface area contributed by atoms with E-state index in [4.69, 9.17) is 10.2 Å². The van der Waals surface area contributed by atoms with Crippen molar-refractivity contribution in [2.45, 2.75) is 6.42 Å². The van der Waals surface area contributed by atoms with Gasteiger partial charge in [-0.2, -0.15) is 0 Å². The summed E-state index contributed by atoms with van der Waals surface area (Å²) in [6, 6.07) is 2.44.